The van der Waals surface area contributed by atoms with Gasteiger partial charge in [0.1, 0.15) is 0 Å². The van der Waals surface area contributed by atoms with Gasteiger partial charge in [0.2, 0.25) is 0 Å². The molecule has 0 aromatic heterocycles. The summed E-state index contributed by atoms with van der Waals surface area (Å²) in [6.07, 6.45) is 14.7. The molecule has 142 valence electrons. The predicted octanol–water partition coefficient (Wildman–Crippen LogP) is 1.62. The Balaban J connectivity index is -0.0000000933. The van der Waals surface area contributed by atoms with Crippen LogP contribution in [-0.2, 0) is 15.0 Å². The van der Waals surface area contributed by atoms with Crippen molar-refractivity contribution in [2.75, 3.05) is 0 Å². The van der Waals surface area contributed by atoms with Crippen molar-refractivity contribution in [2.45, 2.75) is 74.8 Å². The van der Waals surface area contributed by atoms with Crippen molar-refractivity contribution in [1.82, 2.24) is 0 Å². The van der Waals surface area contributed by atoms with Gasteiger partial charge in [0.15, 0.2) is 0 Å². The van der Waals surface area contributed by atoms with Crippen LogP contribution in [-0.4, -0.2) is 119 Å². The van der Waals surface area contributed by atoms with Crippen LogP contribution in [0.5, 0.6) is 0 Å². The van der Waals surface area contributed by atoms with Crippen LogP contribution >= 0.6 is 7.82 Å². The second kappa shape index (κ2) is 27.0. The first-order chi connectivity index (χ1) is 10.4. The first-order valence-electron chi connectivity index (χ1n) is 7.90. The Morgan fingerprint density at radius 3 is 1.16 bits per heavy atom. The van der Waals surface area contributed by atoms with Gasteiger partial charge in [0.25, 0.3) is 0 Å². The molecule has 13 heteroatoms. The van der Waals surface area contributed by atoms with Gasteiger partial charge in [-0.1, -0.05) is 0 Å². The first-order valence-corrected chi connectivity index (χ1v) is 12.3. The van der Waals surface area contributed by atoms with Gasteiger partial charge in [-0.2, -0.15) is 8.42 Å². The summed E-state index contributed by atoms with van der Waals surface area (Å²) in [5.41, 5.74) is 0. The minimum atomic E-state index is -4.67. The van der Waals surface area contributed by atoms with Gasteiger partial charge in [-0.25, -0.2) is 4.57 Å². The third-order valence-corrected chi connectivity index (χ3v) is 3.41. The van der Waals surface area contributed by atoms with Crippen molar-refractivity contribution in [3.63, 3.8) is 0 Å². The van der Waals surface area contributed by atoms with Crippen molar-refractivity contribution in [3.05, 3.63) is 0 Å². The molecule has 0 heterocycles. The van der Waals surface area contributed by atoms with Gasteiger partial charge >= 0.3 is 180 Å². The van der Waals surface area contributed by atoms with Crippen LogP contribution < -0.4 is 0 Å². The maximum atomic E-state index is 8.88. The van der Waals surface area contributed by atoms with Crippen LogP contribution in [0.1, 0.15) is 71.1 Å². The Hall–Kier alpha value is 2.98. The van der Waals surface area contributed by atoms with E-state index in [4.69, 9.17) is 36.8 Å². The van der Waals surface area contributed by atoms with Crippen LogP contribution in [0.3, 0.4) is 0 Å². The molecule has 0 atom stereocenters. The summed E-state index contributed by atoms with van der Waals surface area (Å²) in [4.78, 5) is 21.6. The normalized spacial score (nSPS) is 10.2. The van der Waals surface area contributed by atoms with E-state index < -0.39 is 18.2 Å². The molecule has 25 heavy (non-hydrogen) atoms. The Bertz CT molecular complexity index is 352. The van der Waals surface area contributed by atoms with Gasteiger partial charge < -0.3 is 14.7 Å². The molecule has 5 N–H and O–H groups in total. The topological polar surface area (TPSA) is 152 Å². The molecule has 8 nitrogen and oxygen atoms in total. The summed E-state index contributed by atoms with van der Waals surface area (Å²) in [6, 6.07) is 0. The van der Waals surface area contributed by atoms with Crippen molar-refractivity contribution < 1.29 is 36.8 Å². The van der Waals surface area contributed by atoms with Crippen LogP contribution in [0.2, 0.25) is 3.67 Å². The van der Waals surface area contributed by atoms with E-state index in [-0.39, 0.29) is 59.1 Å². The number of phosphoric acid groups is 1. The van der Waals surface area contributed by atoms with E-state index in [1.165, 1.54) is 95.8 Å². The second-order valence-corrected chi connectivity index (χ2v) is 8.07. The van der Waals surface area contributed by atoms with E-state index in [0.717, 1.165) is 0 Å². The molecular formula is C12H32Na3O8PS. The molecule has 0 unspecified atom stereocenters. The van der Waals surface area contributed by atoms with Crippen LogP contribution in [0.25, 0.3) is 0 Å². The van der Waals surface area contributed by atoms with Crippen molar-refractivity contribution >= 4 is 105 Å². The van der Waals surface area contributed by atoms with Gasteiger partial charge in [-0.05, 0) is 0 Å². The molecule has 0 aliphatic carbocycles. The average Bonchev–Trinajstić information content (AvgIpc) is 2.33. The molecule has 0 aliphatic rings. The van der Waals surface area contributed by atoms with Gasteiger partial charge in [0, 0.05) is 0 Å². The summed E-state index contributed by atoms with van der Waals surface area (Å²) in [7, 11) is -9.31. The monoisotopic (exact) mass is 436 g/mol. The van der Waals surface area contributed by atoms with Crippen LogP contribution in [0, 0.1) is 0 Å². The average molecular weight is 436 g/mol. The van der Waals surface area contributed by atoms with Crippen molar-refractivity contribution in [2.24, 2.45) is 0 Å². The molecule has 0 aliphatic heterocycles. The molecule has 0 aromatic carbocycles. The summed E-state index contributed by atoms with van der Waals surface area (Å²) in [6.45, 7) is 2.29. The Morgan fingerprint density at radius 2 is 0.960 bits per heavy atom. The first kappa shape index (κ1) is 38.6. The van der Waals surface area contributed by atoms with Crippen molar-refractivity contribution in [3.8, 4) is 0 Å². The van der Waals surface area contributed by atoms with Gasteiger partial charge in [-0.15, -0.1) is 0 Å². The van der Waals surface area contributed by atoms with E-state index in [1.807, 2.05) is 0 Å². The van der Waals surface area contributed by atoms with Crippen molar-refractivity contribution in [1.29, 1.82) is 0 Å². The molecule has 0 saturated heterocycles. The van der Waals surface area contributed by atoms with E-state index >= 15 is 0 Å². The van der Waals surface area contributed by atoms with E-state index in [1.54, 1.807) is 0 Å². The Labute approximate surface area is 214 Å². The quantitative estimate of drug-likeness (QED) is 0.150. The molecule has 0 amide bonds. The standard InChI is InChI=1S/C12H25.3Na.H3O4P.H2O4S.2H/c1-3-5-7-9-11-12-10-8-6-4-2;;;;2*1-5(2,3)4;;/h1,3-12H2,2H3;;;;(H3,1,2,3,4);(H2,1,2,3,4);;. The van der Waals surface area contributed by atoms with E-state index in [9.17, 15) is 0 Å². The fourth-order valence-electron chi connectivity index (χ4n) is 1.74. The van der Waals surface area contributed by atoms with E-state index in [0.29, 0.717) is 0 Å². The Kier molecular flexibility index (Phi) is 41.6. The second-order valence-electron chi connectivity index (χ2n) is 5.14. The van der Waals surface area contributed by atoms with Gasteiger partial charge in [0.05, 0.1) is 0 Å². The number of hydrogen-bond donors (Lipinski definition) is 5. The van der Waals surface area contributed by atoms with Gasteiger partial charge in [-0.3, -0.25) is 9.11 Å². The third kappa shape index (κ3) is 99.9. The molecule has 0 bridgehead atoms. The molecule has 0 spiro atoms. The van der Waals surface area contributed by atoms with Crippen LogP contribution in [0.4, 0.5) is 0 Å². The number of hydrogen-bond acceptors (Lipinski definition) is 3. The number of rotatable bonds is 10. The molecule has 0 fully saturated rings. The zero-order valence-corrected chi connectivity index (χ0v) is 17.8. The fraction of sp³-hybridized carbons (Fsp3) is 1.00. The van der Waals surface area contributed by atoms with E-state index in [2.05, 4.69) is 6.92 Å². The summed E-state index contributed by atoms with van der Waals surface area (Å²) in [5, 5.41) is 0. The molecule has 0 rings (SSSR count). The molecule has 0 aromatic rings. The SMILES string of the molecule is CCCCCCCCCCC[CH2][Na].O=P(O)(O)O.O=S(=O)(O)O.[NaH].[NaH]. The summed E-state index contributed by atoms with van der Waals surface area (Å²) < 4.78 is 42.0. The molecule has 0 saturated carbocycles. The zero-order valence-electron chi connectivity index (χ0n) is 14.1. The zero-order chi connectivity index (χ0) is 18.8. The van der Waals surface area contributed by atoms with Crippen LogP contribution in [0.15, 0.2) is 0 Å². The Morgan fingerprint density at radius 1 is 0.760 bits per heavy atom. The summed E-state index contributed by atoms with van der Waals surface area (Å²) in [5.74, 6) is 0. The molecule has 0 radical (unpaired) electrons. The summed E-state index contributed by atoms with van der Waals surface area (Å²) >= 11 is 1.41. The fourth-order valence-corrected chi connectivity index (χ4v) is 2.24. The predicted molar refractivity (Wildman–Crippen MR) is 105 cm³/mol. The number of unbranched alkanes of at least 4 members (excludes halogenated alkanes) is 9. The molecular weight excluding hydrogens is 404 g/mol. The maximum absolute atomic E-state index is 8.88. The minimum absolute atomic E-state index is 0. The third-order valence-electron chi connectivity index (χ3n) is 2.71.